The van der Waals surface area contributed by atoms with Crippen molar-refractivity contribution in [3.05, 3.63) is 17.6 Å². The molecule has 0 aliphatic carbocycles. The van der Waals surface area contributed by atoms with Crippen LogP contribution in [-0.4, -0.2) is 61.1 Å². The summed E-state index contributed by atoms with van der Waals surface area (Å²) in [5.74, 6) is 0.545. The maximum Gasteiger partial charge on any atom is 0.164 e. The monoisotopic (exact) mass is 308 g/mol. The van der Waals surface area contributed by atoms with Gasteiger partial charge in [-0.1, -0.05) is 0 Å². The lowest BCUT2D eigenvalue weighted by Crippen LogP contribution is -2.33. The molecule has 3 rings (SSSR count). The number of nitrogens with two attached hydrogens (primary N) is 1. The number of aliphatic hydroxyl groups is 3. The Morgan fingerprint density at radius 2 is 2.14 bits per heavy atom. The molecule has 0 bridgehead atoms. The van der Waals surface area contributed by atoms with Crippen molar-refractivity contribution in [2.45, 2.75) is 31.5 Å². The number of anilines is 1. The number of carbonyl (C=O) groups is 1. The van der Waals surface area contributed by atoms with Gasteiger partial charge in [-0.05, 0) is 6.92 Å². The van der Waals surface area contributed by atoms with E-state index >= 15 is 0 Å². The Bertz CT molecular complexity index is 731. The highest BCUT2D eigenvalue weighted by Gasteiger charge is 2.44. The molecule has 2 aromatic heterocycles. The first-order valence-corrected chi connectivity index (χ1v) is 6.70. The van der Waals surface area contributed by atoms with Crippen LogP contribution in [0.2, 0.25) is 0 Å². The number of rotatable bonds is 3. The molecule has 22 heavy (non-hydrogen) atoms. The van der Waals surface area contributed by atoms with E-state index < -0.39 is 31.1 Å². The molecule has 0 amide bonds. The molecule has 1 fully saturated rings. The molecular weight excluding hydrogens is 292 g/mol. The number of hydrogen-bond donors (Lipinski definition) is 4. The zero-order valence-corrected chi connectivity index (χ0v) is 11.7. The van der Waals surface area contributed by atoms with Crippen molar-refractivity contribution >= 4 is 23.1 Å². The van der Waals surface area contributed by atoms with E-state index in [9.17, 15) is 15.0 Å². The largest absolute Gasteiger partial charge is 0.394 e. The van der Waals surface area contributed by atoms with Gasteiger partial charge in [0.15, 0.2) is 12.5 Å². The number of nitrogens with zero attached hydrogens (tertiary/aromatic N) is 3. The summed E-state index contributed by atoms with van der Waals surface area (Å²) in [7, 11) is 0. The van der Waals surface area contributed by atoms with Gasteiger partial charge in [-0.3, -0.25) is 4.79 Å². The summed E-state index contributed by atoms with van der Waals surface area (Å²) in [4.78, 5) is 19.5. The van der Waals surface area contributed by atoms with Gasteiger partial charge in [0.05, 0.1) is 12.0 Å². The van der Waals surface area contributed by atoms with Gasteiger partial charge in [0.2, 0.25) is 0 Å². The second kappa shape index (κ2) is 5.29. The summed E-state index contributed by atoms with van der Waals surface area (Å²) in [6.45, 7) is 1.20. The molecule has 3 heterocycles. The minimum atomic E-state index is -1.27. The van der Waals surface area contributed by atoms with Crippen LogP contribution in [0.5, 0.6) is 0 Å². The fourth-order valence-electron chi connectivity index (χ4n) is 2.71. The Kier molecular flexibility index (Phi) is 3.57. The summed E-state index contributed by atoms with van der Waals surface area (Å²) in [5.41, 5.74) is 6.42. The Labute approximate surface area is 125 Å². The van der Waals surface area contributed by atoms with Gasteiger partial charge in [-0.15, -0.1) is 0 Å². The first kappa shape index (κ1) is 14.9. The van der Waals surface area contributed by atoms with Crippen molar-refractivity contribution < 1.29 is 24.9 Å². The van der Waals surface area contributed by atoms with Crippen molar-refractivity contribution in [3.8, 4) is 0 Å². The fourth-order valence-corrected chi connectivity index (χ4v) is 2.71. The average molecular weight is 308 g/mol. The first-order valence-electron chi connectivity index (χ1n) is 6.70. The zero-order valence-electron chi connectivity index (χ0n) is 11.7. The van der Waals surface area contributed by atoms with Gasteiger partial charge in [-0.25, -0.2) is 9.97 Å². The standard InChI is InChI=1S/C13H16N4O5/c1-5-15-11(14)8-6(3-18)2-17(12(8)16-5)13-10(21)9(20)7(4-19)22-13/h2-3,7,9-10,13,19-21H,4H2,1H3,(H2,14,15,16)/t7-,9-,10-,13-/m1/s1. The molecule has 1 saturated heterocycles. The zero-order chi connectivity index (χ0) is 16.0. The van der Waals surface area contributed by atoms with E-state index in [4.69, 9.17) is 15.6 Å². The predicted octanol–water partition coefficient (Wildman–Crippen LogP) is -1.25. The second-order valence-corrected chi connectivity index (χ2v) is 5.19. The van der Waals surface area contributed by atoms with Gasteiger partial charge >= 0.3 is 0 Å². The van der Waals surface area contributed by atoms with Gasteiger partial charge in [0, 0.05) is 11.8 Å². The molecule has 9 nitrogen and oxygen atoms in total. The molecule has 0 saturated carbocycles. The molecule has 0 spiro atoms. The van der Waals surface area contributed by atoms with Crippen molar-refractivity contribution in [1.29, 1.82) is 0 Å². The third-order valence-electron chi connectivity index (χ3n) is 3.76. The Morgan fingerprint density at radius 1 is 1.41 bits per heavy atom. The topological polar surface area (TPSA) is 144 Å². The van der Waals surface area contributed by atoms with E-state index in [1.807, 2.05) is 0 Å². The minimum absolute atomic E-state index is 0.148. The number of aryl methyl sites for hydroxylation is 1. The maximum atomic E-state index is 11.2. The number of nitrogen functional groups attached to an aromatic ring is 1. The molecule has 5 N–H and O–H groups in total. The van der Waals surface area contributed by atoms with Crippen LogP contribution >= 0.6 is 0 Å². The molecule has 118 valence electrons. The number of ether oxygens (including phenoxy) is 1. The van der Waals surface area contributed by atoms with Gasteiger partial charge in [0.1, 0.15) is 35.6 Å². The third kappa shape index (κ3) is 2.06. The molecule has 0 aromatic carbocycles. The SMILES string of the molecule is Cc1nc(N)c2c(C=O)cn([C@@H]3O[C@H](CO)[C@@H](O)[C@H]3O)c2n1. The van der Waals surface area contributed by atoms with Gasteiger partial charge < -0.3 is 30.4 Å². The Morgan fingerprint density at radius 3 is 2.73 bits per heavy atom. The fraction of sp³-hybridized carbons (Fsp3) is 0.462. The van der Waals surface area contributed by atoms with Crippen LogP contribution < -0.4 is 5.73 Å². The summed E-state index contributed by atoms with van der Waals surface area (Å²) in [6, 6.07) is 0. The average Bonchev–Trinajstić information content (AvgIpc) is 2.98. The summed E-state index contributed by atoms with van der Waals surface area (Å²) in [5, 5.41) is 29.5. The number of aliphatic hydroxyl groups excluding tert-OH is 3. The molecule has 1 aliphatic rings. The van der Waals surface area contributed by atoms with Crippen LogP contribution in [0.4, 0.5) is 5.82 Å². The van der Waals surface area contributed by atoms with Gasteiger partial charge in [0.25, 0.3) is 0 Å². The quantitative estimate of drug-likeness (QED) is 0.515. The maximum absolute atomic E-state index is 11.2. The number of hydrogen-bond acceptors (Lipinski definition) is 8. The van der Waals surface area contributed by atoms with Crippen molar-refractivity contribution in [3.63, 3.8) is 0 Å². The molecule has 9 heteroatoms. The van der Waals surface area contributed by atoms with Crippen LogP contribution in [-0.2, 0) is 4.74 Å². The molecule has 4 atom stereocenters. The van der Waals surface area contributed by atoms with Crippen molar-refractivity contribution in [1.82, 2.24) is 14.5 Å². The lowest BCUT2D eigenvalue weighted by atomic mass is 10.1. The predicted molar refractivity (Wildman–Crippen MR) is 75.1 cm³/mol. The van der Waals surface area contributed by atoms with E-state index in [0.29, 0.717) is 23.1 Å². The summed E-state index contributed by atoms with van der Waals surface area (Å²) >= 11 is 0. The number of fused-ring (bicyclic) bond motifs is 1. The number of aromatic nitrogens is 3. The van der Waals surface area contributed by atoms with Crippen LogP contribution in [0.1, 0.15) is 22.4 Å². The van der Waals surface area contributed by atoms with Crippen molar-refractivity contribution in [2.24, 2.45) is 0 Å². The molecule has 1 aliphatic heterocycles. The first-order chi connectivity index (χ1) is 10.5. The second-order valence-electron chi connectivity index (χ2n) is 5.19. The lowest BCUT2D eigenvalue weighted by Gasteiger charge is -2.17. The Balaban J connectivity index is 2.18. The van der Waals surface area contributed by atoms with E-state index in [1.54, 1.807) is 6.92 Å². The third-order valence-corrected chi connectivity index (χ3v) is 3.76. The van der Waals surface area contributed by atoms with E-state index in [2.05, 4.69) is 9.97 Å². The van der Waals surface area contributed by atoms with E-state index in [-0.39, 0.29) is 11.4 Å². The number of aldehydes is 1. The highest BCUT2D eigenvalue weighted by atomic mass is 16.6. The molecule has 0 radical (unpaired) electrons. The van der Waals surface area contributed by atoms with Crippen LogP contribution in [0.25, 0.3) is 11.0 Å². The van der Waals surface area contributed by atoms with Crippen LogP contribution in [0.15, 0.2) is 6.20 Å². The summed E-state index contributed by atoms with van der Waals surface area (Å²) in [6.07, 6.45) is -2.39. The smallest absolute Gasteiger partial charge is 0.164 e. The highest BCUT2D eigenvalue weighted by molar-refractivity contribution is 6.01. The van der Waals surface area contributed by atoms with Crippen LogP contribution in [0, 0.1) is 6.92 Å². The lowest BCUT2D eigenvalue weighted by molar-refractivity contribution is -0.0508. The van der Waals surface area contributed by atoms with Crippen LogP contribution in [0.3, 0.4) is 0 Å². The highest BCUT2D eigenvalue weighted by Crippen LogP contribution is 2.34. The molecule has 2 aromatic rings. The van der Waals surface area contributed by atoms with E-state index in [0.717, 1.165) is 0 Å². The van der Waals surface area contributed by atoms with Gasteiger partial charge in [-0.2, -0.15) is 0 Å². The molecule has 0 unspecified atom stereocenters. The number of carbonyl (C=O) groups excluding carboxylic acids is 1. The minimum Gasteiger partial charge on any atom is -0.394 e. The normalized spacial score (nSPS) is 28.4. The van der Waals surface area contributed by atoms with Crippen molar-refractivity contribution in [2.75, 3.05) is 12.3 Å². The summed E-state index contributed by atoms with van der Waals surface area (Å²) < 4.78 is 6.89. The molecular formula is C13H16N4O5. The van der Waals surface area contributed by atoms with E-state index in [1.165, 1.54) is 10.8 Å². The Hall–Kier alpha value is -2.07.